The lowest BCUT2D eigenvalue weighted by atomic mass is 10.2. The van der Waals surface area contributed by atoms with Crippen LogP contribution in [0.3, 0.4) is 0 Å². The monoisotopic (exact) mass is 269 g/mol. The molecular weight excluding hydrogens is 246 g/mol. The van der Waals surface area contributed by atoms with Gasteiger partial charge in [-0.1, -0.05) is 26.2 Å². The maximum Gasteiger partial charge on any atom is 0.314 e. The molecule has 0 spiro atoms. The van der Waals surface area contributed by atoms with E-state index in [1.165, 1.54) is 19.3 Å². The van der Waals surface area contributed by atoms with Crippen molar-refractivity contribution in [3.05, 3.63) is 16.1 Å². The molecule has 0 aliphatic rings. The third-order valence-corrected chi connectivity index (χ3v) is 3.47. The Bertz CT molecular complexity index is 352. The van der Waals surface area contributed by atoms with E-state index in [2.05, 4.69) is 22.5 Å². The van der Waals surface area contributed by atoms with Crippen LogP contribution in [0.25, 0.3) is 0 Å². The van der Waals surface area contributed by atoms with Crippen LogP contribution in [0.4, 0.5) is 4.79 Å². The Balaban J connectivity index is 2.00. The fraction of sp³-hybridized carbons (Fsp3) is 0.692. The highest BCUT2D eigenvalue weighted by Gasteiger charge is 2.01. The smallest absolute Gasteiger partial charge is 0.314 e. The van der Waals surface area contributed by atoms with Crippen LogP contribution in [0.1, 0.15) is 43.3 Å². The molecule has 5 heteroatoms. The Labute approximate surface area is 113 Å². The maximum absolute atomic E-state index is 11.4. The summed E-state index contributed by atoms with van der Waals surface area (Å²) in [6.45, 7) is 5.58. The lowest BCUT2D eigenvalue weighted by Gasteiger charge is -2.06. The molecule has 18 heavy (non-hydrogen) atoms. The second-order valence-electron chi connectivity index (χ2n) is 4.35. The molecule has 0 radical (unpaired) electrons. The first-order valence-corrected chi connectivity index (χ1v) is 7.53. The van der Waals surface area contributed by atoms with Gasteiger partial charge in [0.15, 0.2) is 0 Å². The molecule has 0 aromatic carbocycles. The second-order valence-corrected chi connectivity index (χ2v) is 5.41. The summed E-state index contributed by atoms with van der Waals surface area (Å²) >= 11 is 1.65. The van der Waals surface area contributed by atoms with Crippen LogP contribution in [-0.2, 0) is 6.42 Å². The van der Waals surface area contributed by atoms with Gasteiger partial charge in [0, 0.05) is 24.9 Å². The average Bonchev–Trinajstić information content (AvgIpc) is 2.75. The van der Waals surface area contributed by atoms with Crippen molar-refractivity contribution in [1.29, 1.82) is 0 Å². The van der Waals surface area contributed by atoms with E-state index in [0.717, 1.165) is 30.1 Å². The quantitative estimate of drug-likeness (QED) is 0.713. The van der Waals surface area contributed by atoms with Gasteiger partial charge >= 0.3 is 6.03 Å². The van der Waals surface area contributed by atoms with Crippen LogP contribution in [0.2, 0.25) is 0 Å². The predicted octanol–water partition coefficient (Wildman–Crippen LogP) is 2.87. The minimum atomic E-state index is -0.0709. The molecule has 0 fully saturated rings. The minimum absolute atomic E-state index is 0.0709. The number of carbonyl (C=O) groups is 1. The minimum Gasteiger partial charge on any atom is -0.338 e. The second kappa shape index (κ2) is 8.91. The summed E-state index contributed by atoms with van der Waals surface area (Å²) < 4.78 is 0. The van der Waals surface area contributed by atoms with Crippen molar-refractivity contribution in [2.24, 2.45) is 0 Å². The zero-order valence-corrected chi connectivity index (χ0v) is 12.1. The van der Waals surface area contributed by atoms with E-state index in [1.807, 2.05) is 12.3 Å². The molecule has 0 saturated carbocycles. The summed E-state index contributed by atoms with van der Waals surface area (Å²) in [6.07, 6.45) is 5.51. The number of nitrogens with zero attached hydrogens (tertiary/aromatic N) is 1. The lowest BCUT2D eigenvalue weighted by molar-refractivity contribution is 0.241. The van der Waals surface area contributed by atoms with Crippen LogP contribution in [-0.4, -0.2) is 24.1 Å². The molecule has 0 bridgehead atoms. The van der Waals surface area contributed by atoms with Crippen molar-refractivity contribution in [3.63, 3.8) is 0 Å². The highest BCUT2D eigenvalue weighted by atomic mass is 32.1. The lowest BCUT2D eigenvalue weighted by Crippen LogP contribution is -2.37. The van der Waals surface area contributed by atoms with Gasteiger partial charge < -0.3 is 10.6 Å². The van der Waals surface area contributed by atoms with Crippen LogP contribution in [0, 0.1) is 6.92 Å². The molecule has 0 atom stereocenters. The topological polar surface area (TPSA) is 54.0 Å². The number of nitrogens with one attached hydrogen (secondary N) is 2. The third-order valence-electron chi connectivity index (χ3n) is 2.65. The Morgan fingerprint density at radius 1 is 1.28 bits per heavy atom. The first-order chi connectivity index (χ1) is 8.72. The molecule has 2 N–H and O–H groups in total. The van der Waals surface area contributed by atoms with Crippen LogP contribution in [0.5, 0.6) is 0 Å². The molecule has 0 aliphatic heterocycles. The van der Waals surface area contributed by atoms with Crippen molar-refractivity contribution < 1.29 is 4.79 Å². The summed E-state index contributed by atoms with van der Waals surface area (Å²) in [6, 6.07) is -0.0709. The van der Waals surface area contributed by atoms with Crippen LogP contribution < -0.4 is 10.6 Å². The highest BCUT2D eigenvalue weighted by Crippen LogP contribution is 2.07. The maximum atomic E-state index is 11.4. The molecule has 1 aromatic rings. The first kappa shape index (κ1) is 15.0. The summed E-state index contributed by atoms with van der Waals surface area (Å²) in [5, 5.41) is 8.83. The number of urea groups is 1. The van der Waals surface area contributed by atoms with E-state index in [1.54, 1.807) is 11.3 Å². The van der Waals surface area contributed by atoms with Gasteiger partial charge in [0.2, 0.25) is 0 Å². The molecule has 0 unspecified atom stereocenters. The number of carbonyl (C=O) groups excluding carboxylic acids is 1. The Morgan fingerprint density at radius 2 is 2.06 bits per heavy atom. The number of hydrogen-bond donors (Lipinski definition) is 2. The number of aryl methyl sites for hydroxylation is 1. The van der Waals surface area contributed by atoms with Gasteiger partial charge in [0.25, 0.3) is 0 Å². The first-order valence-electron chi connectivity index (χ1n) is 6.65. The molecule has 2 amide bonds. The molecule has 4 nitrogen and oxygen atoms in total. The number of unbranched alkanes of at least 4 members (excludes halogenated alkanes) is 3. The average molecular weight is 269 g/mol. The zero-order valence-electron chi connectivity index (χ0n) is 11.3. The van der Waals surface area contributed by atoms with E-state index >= 15 is 0 Å². The van der Waals surface area contributed by atoms with Crippen molar-refractivity contribution in [3.8, 4) is 0 Å². The Morgan fingerprint density at radius 3 is 2.72 bits per heavy atom. The van der Waals surface area contributed by atoms with Crippen LogP contribution in [0.15, 0.2) is 5.38 Å². The van der Waals surface area contributed by atoms with E-state index in [9.17, 15) is 4.79 Å². The normalized spacial score (nSPS) is 10.3. The van der Waals surface area contributed by atoms with Crippen molar-refractivity contribution in [2.45, 2.75) is 46.0 Å². The summed E-state index contributed by atoms with van der Waals surface area (Å²) in [7, 11) is 0. The van der Waals surface area contributed by atoms with Crippen molar-refractivity contribution >= 4 is 17.4 Å². The highest BCUT2D eigenvalue weighted by molar-refractivity contribution is 7.09. The van der Waals surface area contributed by atoms with Gasteiger partial charge in [0.1, 0.15) is 0 Å². The fourth-order valence-electron chi connectivity index (χ4n) is 1.64. The largest absolute Gasteiger partial charge is 0.338 e. The van der Waals surface area contributed by atoms with Crippen LogP contribution >= 0.6 is 11.3 Å². The summed E-state index contributed by atoms with van der Waals surface area (Å²) in [5.41, 5.74) is 1.06. The Hall–Kier alpha value is -1.10. The molecule has 0 saturated heterocycles. The van der Waals surface area contributed by atoms with E-state index < -0.39 is 0 Å². The number of rotatable bonds is 8. The van der Waals surface area contributed by atoms with Crippen molar-refractivity contribution in [2.75, 3.05) is 13.1 Å². The Kier molecular flexibility index (Phi) is 7.41. The molecule has 0 aliphatic carbocycles. The van der Waals surface area contributed by atoms with Gasteiger partial charge in [-0.2, -0.15) is 0 Å². The summed E-state index contributed by atoms with van der Waals surface area (Å²) in [5.74, 6) is 0. The van der Waals surface area contributed by atoms with Crippen molar-refractivity contribution in [1.82, 2.24) is 15.6 Å². The number of amides is 2. The molecule has 102 valence electrons. The van der Waals surface area contributed by atoms with Gasteiger partial charge in [-0.15, -0.1) is 11.3 Å². The zero-order chi connectivity index (χ0) is 13.2. The third kappa shape index (κ3) is 6.59. The van der Waals surface area contributed by atoms with Gasteiger partial charge in [-0.3, -0.25) is 0 Å². The molecule has 1 heterocycles. The van der Waals surface area contributed by atoms with E-state index in [4.69, 9.17) is 0 Å². The number of hydrogen-bond acceptors (Lipinski definition) is 3. The SMILES string of the molecule is CCCCCCNC(=O)NCCc1csc(C)n1. The van der Waals surface area contributed by atoms with E-state index in [0.29, 0.717) is 6.54 Å². The standard InChI is InChI=1S/C13H23N3OS/c1-3-4-5-6-8-14-13(17)15-9-7-12-10-18-11(2)16-12/h10H,3-9H2,1-2H3,(H2,14,15,17). The van der Waals surface area contributed by atoms with E-state index in [-0.39, 0.29) is 6.03 Å². The fourth-order valence-corrected chi connectivity index (χ4v) is 2.29. The van der Waals surface area contributed by atoms with Gasteiger partial charge in [-0.05, 0) is 13.3 Å². The number of thiazole rings is 1. The van der Waals surface area contributed by atoms with Gasteiger partial charge in [0.05, 0.1) is 10.7 Å². The van der Waals surface area contributed by atoms with Gasteiger partial charge in [-0.25, -0.2) is 9.78 Å². The molecule has 1 rings (SSSR count). The predicted molar refractivity (Wildman–Crippen MR) is 76.1 cm³/mol. The summed E-state index contributed by atoms with van der Waals surface area (Å²) in [4.78, 5) is 15.8. The molecule has 1 aromatic heterocycles. The molecular formula is C13H23N3OS. The number of aromatic nitrogens is 1.